The average molecular weight is 262 g/mol. The number of amides is 1. The molecule has 0 atom stereocenters. The van der Waals surface area contributed by atoms with Gasteiger partial charge in [0.05, 0.1) is 5.41 Å². The number of primary amides is 1. The maximum atomic E-state index is 12.1. The summed E-state index contributed by atoms with van der Waals surface area (Å²) in [5.41, 5.74) is 6.64. The average Bonchev–Trinajstić information content (AvgIpc) is 2.59. The van der Waals surface area contributed by atoms with E-state index >= 15 is 0 Å². The van der Waals surface area contributed by atoms with E-state index < -0.39 is 5.41 Å². The number of nitrogens with two attached hydrogens (primary N) is 1. The van der Waals surface area contributed by atoms with E-state index in [0.29, 0.717) is 13.0 Å². The van der Waals surface area contributed by atoms with Crippen LogP contribution in [0.1, 0.15) is 50.2 Å². The maximum absolute atomic E-state index is 12.1. The van der Waals surface area contributed by atoms with E-state index in [2.05, 4.69) is 13.8 Å². The van der Waals surface area contributed by atoms with Gasteiger partial charge in [-0.1, -0.05) is 13.8 Å². The molecule has 1 aromatic heterocycles. The standard InChI is InChI=1S/C15H22N2O2/c1-14(2)7-11-10(12(18)8-14)5-6-17(11)9-15(3,4)13(16)19/h5-6H,7-9H2,1-4H3,(H2,16,19). The molecule has 4 heteroatoms. The summed E-state index contributed by atoms with van der Waals surface area (Å²) in [6.45, 7) is 8.38. The number of hydrogen-bond acceptors (Lipinski definition) is 2. The van der Waals surface area contributed by atoms with Crippen molar-refractivity contribution in [3.8, 4) is 0 Å². The van der Waals surface area contributed by atoms with Crippen molar-refractivity contribution in [3.63, 3.8) is 0 Å². The number of rotatable bonds is 3. The fraction of sp³-hybridized carbons (Fsp3) is 0.600. The van der Waals surface area contributed by atoms with Crippen LogP contribution in [0.15, 0.2) is 12.3 Å². The van der Waals surface area contributed by atoms with Gasteiger partial charge < -0.3 is 10.3 Å². The first-order chi connectivity index (χ1) is 8.62. The number of nitrogens with zero attached hydrogens (tertiary/aromatic N) is 1. The van der Waals surface area contributed by atoms with Crippen LogP contribution in [-0.2, 0) is 17.8 Å². The van der Waals surface area contributed by atoms with Gasteiger partial charge >= 0.3 is 0 Å². The zero-order valence-electron chi connectivity index (χ0n) is 12.1. The molecule has 0 bridgehead atoms. The molecule has 0 saturated heterocycles. The van der Waals surface area contributed by atoms with Gasteiger partial charge in [0.1, 0.15) is 0 Å². The maximum Gasteiger partial charge on any atom is 0.224 e. The lowest BCUT2D eigenvalue weighted by atomic mass is 9.76. The number of Topliss-reactive ketones (excluding diaryl/α,β-unsaturated/α-hetero) is 1. The van der Waals surface area contributed by atoms with Crippen LogP contribution >= 0.6 is 0 Å². The Labute approximate surface area is 114 Å². The van der Waals surface area contributed by atoms with E-state index in [4.69, 9.17) is 5.73 Å². The van der Waals surface area contributed by atoms with Crippen LogP contribution in [0.2, 0.25) is 0 Å². The predicted octanol–water partition coefficient (Wildman–Crippen LogP) is 2.15. The molecule has 1 amide bonds. The van der Waals surface area contributed by atoms with E-state index in [1.165, 1.54) is 0 Å². The minimum atomic E-state index is -0.614. The lowest BCUT2D eigenvalue weighted by molar-refractivity contribution is -0.126. The van der Waals surface area contributed by atoms with Crippen LogP contribution in [0.5, 0.6) is 0 Å². The Bertz CT molecular complexity index is 538. The second-order valence-corrected chi connectivity index (χ2v) is 6.99. The van der Waals surface area contributed by atoms with Crippen molar-refractivity contribution in [1.29, 1.82) is 0 Å². The number of aromatic nitrogens is 1. The highest BCUT2D eigenvalue weighted by Crippen LogP contribution is 2.36. The van der Waals surface area contributed by atoms with Crippen LogP contribution in [0.4, 0.5) is 0 Å². The van der Waals surface area contributed by atoms with Crippen LogP contribution in [-0.4, -0.2) is 16.3 Å². The number of carbonyl (C=O) groups is 2. The lowest BCUT2D eigenvalue weighted by Crippen LogP contribution is -2.36. The summed E-state index contributed by atoms with van der Waals surface area (Å²) >= 11 is 0. The molecule has 0 fully saturated rings. The molecule has 2 rings (SSSR count). The van der Waals surface area contributed by atoms with Gasteiger partial charge in [-0.15, -0.1) is 0 Å². The van der Waals surface area contributed by atoms with Gasteiger partial charge in [-0.05, 0) is 31.7 Å². The first-order valence-corrected chi connectivity index (χ1v) is 6.63. The zero-order chi connectivity index (χ0) is 14.4. The van der Waals surface area contributed by atoms with E-state index in [-0.39, 0.29) is 17.1 Å². The van der Waals surface area contributed by atoms with Crippen LogP contribution in [0.3, 0.4) is 0 Å². The van der Waals surface area contributed by atoms with Gasteiger partial charge in [-0.25, -0.2) is 0 Å². The topological polar surface area (TPSA) is 65.1 Å². The molecule has 1 heterocycles. The summed E-state index contributed by atoms with van der Waals surface area (Å²) in [6.07, 6.45) is 3.34. The van der Waals surface area contributed by atoms with Crippen molar-refractivity contribution in [1.82, 2.24) is 4.57 Å². The number of fused-ring (bicyclic) bond motifs is 1. The Morgan fingerprint density at radius 1 is 1.42 bits per heavy atom. The molecule has 0 aromatic carbocycles. The molecule has 0 unspecified atom stereocenters. The van der Waals surface area contributed by atoms with E-state index in [1.807, 2.05) is 30.7 Å². The number of ketones is 1. The normalized spacial score (nSPS) is 18.2. The zero-order valence-corrected chi connectivity index (χ0v) is 12.1. The molecule has 0 radical (unpaired) electrons. The lowest BCUT2D eigenvalue weighted by Gasteiger charge is -2.31. The summed E-state index contributed by atoms with van der Waals surface area (Å²) in [5, 5.41) is 0. The van der Waals surface area contributed by atoms with Crippen LogP contribution in [0.25, 0.3) is 0 Å². The summed E-state index contributed by atoms with van der Waals surface area (Å²) < 4.78 is 2.01. The summed E-state index contributed by atoms with van der Waals surface area (Å²) in [7, 11) is 0. The third-order valence-electron chi connectivity index (χ3n) is 3.90. The number of hydrogen-bond donors (Lipinski definition) is 1. The van der Waals surface area contributed by atoms with Crippen LogP contribution in [0, 0.1) is 10.8 Å². The molecule has 1 aliphatic carbocycles. The Morgan fingerprint density at radius 2 is 2.05 bits per heavy atom. The molecule has 2 N–H and O–H groups in total. The van der Waals surface area contributed by atoms with Crippen molar-refractivity contribution in [2.75, 3.05) is 0 Å². The van der Waals surface area contributed by atoms with Gasteiger partial charge in [-0.2, -0.15) is 0 Å². The van der Waals surface area contributed by atoms with E-state index in [9.17, 15) is 9.59 Å². The molecule has 1 aliphatic rings. The Balaban J connectivity index is 2.36. The fourth-order valence-electron chi connectivity index (χ4n) is 2.65. The quantitative estimate of drug-likeness (QED) is 0.907. The highest BCUT2D eigenvalue weighted by Gasteiger charge is 2.34. The monoisotopic (exact) mass is 262 g/mol. The molecule has 0 saturated carbocycles. The Hall–Kier alpha value is -1.58. The summed E-state index contributed by atoms with van der Waals surface area (Å²) in [5.74, 6) is -0.127. The predicted molar refractivity (Wildman–Crippen MR) is 73.8 cm³/mol. The summed E-state index contributed by atoms with van der Waals surface area (Å²) in [4.78, 5) is 23.6. The van der Waals surface area contributed by atoms with E-state index in [1.54, 1.807) is 0 Å². The molecular weight excluding hydrogens is 240 g/mol. The minimum Gasteiger partial charge on any atom is -0.369 e. The molecular formula is C15H22N2O2. The fourth-order valence-corrected chi connectivity index (χ4v) is 2.65. The first kappa shape index (κ1) is 13.8. The number of carbonyl (C=O) groups excluding carboxylic acids is 2. The second kappa shape index (κ2) is 4.22. The molecule has 1 aromatic rings. The van der Waals surface area contributed by atoms with Gasteiger partial charge in [0.15, 0.2) is 5.78 Å². The SMILES string of the molecule is CC1(C)CC(=O)c2ccn(CC(C)(C)C(N)=O)c2C1. The minimum absolute atomic E-state index is 0.0168. The van der Waals surface area contributed by atoms with Crippen LogP contribution < -0.4 is 5.73 Å². The molecule has 19 heavy (non-hydrogen) atoms. The second-order valence-electron chi connectivity index (χ2n) is 6.99. The molecule has 0 aliphatic heterocycles. The largest absolute Gasteiger partial charge is 0.369 e. The Kier molecular flexibility index (Phi) is 3.07. The summed E-state index contributed by atoms with van der Waals surface area (Å²) in [6, 6.07) is 1.87. The van der Waals surface area contributed by atoms with E-state index in [0.717, 1.165) is 17.7 Å². The van der Waals surface area contributed by atoms with Gasteiger partial charge in [-0.3, -0.25) is 9.59 Å². The highest BCUT2D eigenvalue weighted by molar-refractivity contribution is 5.98. The third kappa shape index (κ3) is 2.57. The van der Waals surface area contributed by atoms with Crippen molar-refractivity contribution < 1.29 is 9.59 Å². The van der Waals surface area contributed by atoms with Crippen molar-refractivity contribution in [3.05, 3.63) is 23.5 Å². The highest BCUT2D eigenvalue weighted by atomic mass is 16.1. The smallest absolute Gasteiger partial charge is 0.224 e. The third-order valence-corrected chi connectivity index (χ3v) is 3.90. The molecule has 0 spiro atoms. The first-order valence-electron chi connectivity index (χ1n) is 6.63. The van der Waals surface area contributed by atoms with Gasteiger partial charge in [0.2, 0.25) is 5.91 Å². The van der Waals surface area contributed by atoms with Crippen molar-refractivity contribution in [2.45, 2.75) is 47.1 Å². The molecule has 104 valence electrons. The van der Waals surface area contributed by atoms with Crippen molar-refractivity contribution in [2.24, 2.45) is 16.6 Å². The van der Waals surface area contributed by atoms with Gasteiger partial charge in [0.25, 0.3) is 0 Å². The van der Waals surface area contributed by atoms with Gasteiger partial charge in [0, 0.05) is 30.4 Å². The Morgan fingerprint density at radius 3 is 2.63 bits per heavy atom. The molecule has 4 nitrogen and oxygen atoms in total. The van der Waals surface area contributed by atoms with Crippen molar-refractivity contribution >= 4 is 11.7 Å².